The van der Waals surface area contributed by atoms with E-state index >= 15 is 0 Å². The van der Waals surface area contributed by atoms with Crippen LogP contribution in [0.25, 0.3) is 0 Å². The number of rotatable bonds is 4. The summed E-state index contributed by atoms with van der Waals surface area (Å²) in [7, 11) is 0. The Morgan fingerprint density at radius 1 is 1.50 bits per heavy atom. The van der Waals surface area contributed by atoms with Crippen LogP contribution in [0.2, 0.25) is 0 Å². The summed E-state index contributed by atoms with van der Waals surface area (Å²) in [5, 5.41) is 9.26. The van der Waals surface area contributed by atoms with E-state index in [1.54, 1.807) is 11.3 Å². The molecule has 0 saturated heterocycles. The zero-order chi connectivity index (χ0) is 10.7. The van der Waals surface area contributed by atoms with Gasteiger partial charge >= 0.3 is 0 Å². The minimum Gasteiger partial charge on any atom is -0.384 e. The van der Waals surface area contributed by atoms with E-state index in [2.05, 4.69) is 20.8 Å². The van der Waals surface area contributed by atoms with Crippen LogP contribution in [0.5, 0.6) is 0 Å². The Labute approximate surface area is 89.7 Å². The van der Waals surface area contributed by atoms with Crippen molar-refractivity contribution >= 4 is 17.2 Å². The van der Waals surface area contributed by atoms with Gasteiger partial charge in [-0.05, 0) is 24.3 Å². The highest BCUT2D eigenvalue weighted by Crippen LogP contribution is 2.21. The van der Waals surface area contributed by atoms with E-state index in [1.807, 2.05) is 11.4 Å². The topological polar surface area (TPSA) is 49.9 Å². The SMILES string of the molecule is CC(C)C(C)Cc1cc(C(=N)N)cs1. The molecule has 0 aliphatic heterocycles. The maximum absolute atomic E-state index is 7.30. The highest BCUT2D eigenvalue weighted by molar-refractivity contribution is 7.10. The van der Waals surface area contributed by atoms with Crippen LogP contribution in [-0.4, -0.2) is 5.84 Å². The molecule has 1 aromatic heterocycles. The molecular weight excluding hydrogens is 192 g/mol. The minimum absolute atomic E-state index is 0.171. The van der Waals surface area contributed by atoms with E-state index in [4.69, 9.17) is 11.1 Å². The molecular formula is C11H18N2S. The van der Waals surface area contributed by atoms with Gasteiger partial charge in [-0.25, -0.2) is 0 Å². The monoisotopic (exact) mass is 210 g/mol. The number of hydrogen-bond acceptors (Lipinski definition) is 2. The van der Waals surface area contributed by atoms with Gasteiger partial charge in [0, 0.05) is 15.8 Å². The zero-order valence-corrected chi connectivity index (χ0v) is 9.82. The number of nitrogens with one attached hydrogen (secondary N) is 1. The fraction of sp³-hybridized carbons (Fsp3) is 0.545. The molecule has 0 fully saturated rings. The summed E-state index contributed by atoms with van der Waals surface area (Å²) in [6.07, 6.45) is 1.09. The van der Waals surface area contributed by atoms with Gasteiger partial charge in [-0.1, -0.05) is 20.8 Å². The molecule has 0 radical (unpaired) electrons. The Balaban J connectivity index is 2.64. The van der Waals surface area contributed by atoms with E-state index in [1.165, 1.54) is 4.88 Å². The molecule has 1 aromatic rings. The van der Waals surface area contributed by atoms with Crippen molar-refractivity contribution in [3.05, 3.63) is 21.9 Å². The zero-order valence-electron chi connectivity index (χ0n) is 9.00. The van der Waals surface area contributed by atoms with Gasteiger partial charge in [-0.15, -0.1) is 11.3 Å². The lowest BCUT2D eigenvalue weighted by molar-refractivity contribution is 0.420. The third-order valence-electron chi connectivity index (χ3n) is 2.63. The summed E-state index contributed by atoms with van der Waals surface area (Å²) in [5.74, 6) is 1.57. The Morgan fingerprint density at radius 2 is 2.14 bits per heavy atom. The second-order valence-corrected chi connectivity index (χ2v) is 5.14. The summed E-state index contributed by atoms with van der Waals surface area (Å²) in [6, 6.07) is 2.03. The molecule has 3 N–H and O–H groups in total. The Bertz CT molecular complexity index is 315. The first kappa shape index (κ1) is 11.2. The molecule has 0 bridgehead atoms. The van der Waals surface area contributed by atoms with E-state index in [-0.39, 0.29) is 5.84 Å². The number of amidine groups is 1. The Hall–Kier alpha value is -0.830. The molecule has 2 nitrogen and oxygen atoms in total. The minimum atomic E-state index is 0.171. The third kappa shape index (κ3) is 2.84. The maximum atomic E-state index is 7.30. The molecule has 3 heteroatoms. The number of nitrogen functional groups attached to an aromatic ring is 1. The van der Waals surface area contributed by atoms with Crippen LogP contribution in [-0.2, 0) is 6.42 Å². The van der Waals surface area contributed by atoms with E-state index in [0.717, 1.165) is 12.0 Å². The lowest BCUT2D eigenvalue weighted by atomic mass is 9.94. The molecule has 0 amide bonds. The predicted molar refractivity (Wildman–Crippen MR) is 63.0 cm³/mol. The van der Waals surface area contributed by atoms with Gasteiger partial charge < -0.3 is 5.73 Å². The van der Waals surface area contributed by atoms with E-state index in [9.17, 15) is 0 Å². The lowest BCUT2D eigenvalue weighted by Crippen LogP contribution is -2.09. The fourth-order valence-electron chi connectivity index (χ4n) is 1.18. The molecule has 0 saturated carbocycles. The highest BCUT2D eigenvalue weighted by atomic mass is 32.1. The third-order valence-corrected chi connectivity index (χ3v) is 3.59. The largest absolute Gasteiger partial charge is 0.384 e. The Morgan fingerprint density at radius 3 is 2.57 bits per heavy atom. The van der Waals surface area contributed by atoms with E-state index < -0.39 is 0 Å². The van der Waals surface area contributed by atoms with Crippen LogP contribution in [0, 0.1) is 17.2 Å². The second kappa shape index (κ2) is 4.60. The van der Waals surface area contributed by atoms with Crippen LogP contribution in [0.15, 0.2) is 11.4 Å². The van der Waals surface area contributed by atoms with Crippen LogP contribution < -0.4 is 5.73 Å². The van der Waals surface area contributed by atoms with Crippen LogP contribution in [0.3, 0.4) is 0 Å². The fourth-order valence-corrected chi connectivity index (χ4v) is 2.21. The van der Waals surface area contributed by atoms with Gasteiger partial charge in [0.05, 0.1) is 0 Å². The summed E-state index contributed by atoms with van der Waals surface area (Å²) in [5.41, 5.74) is 6.27. The average molecular weight is 210 g/mol. The molecule has 1 rings (SSSR count). The van der Waals surface area contributed by atoms with Crippen molar-refractivity contribution in [2.24, 2.45) is 17.6 Å². The van der Waals surface area contributed by atoms with Crippen molar-refractivity contribution in [3.8, 4) is 0 Å². The van der Waals surface area contributed by atoms with Crippen molar-refractivity contribution in [3.63, 3.8) is 0 Å². The molecule has 78 valence electrons. The van der Waals surface area contributed by atoms with Crippen molar-refractivity contribution in [1.82, 2.24) is 0 Å². The van der Waals surface area contributed by atoms with Crippen LogP contribution in [0.4, 0.5) is 0 Å². The van der Waals surface area contributed by atoms with Crippen molar-refractivity contribution in [1.29, 1.82) is 5.41 Å². The summed E-state index contributed by atoms with van der Waals surface area (Å²) in [4.78, 5) is 1.33. The molecule has 1 atom stereocenters. The molecule has 0 aromatic carbocycles. The molecule has 14 heavy (non-hydrogen) atoms. The maximum Gasteiger partial charge on any atom is 0.123 e. The van der Waals surface area contributed by atoms with Gasteiger partial charge in [0.25, 0.3) is 0 Å². The quantitative estimate of drug-likeness (QED) is 0.582. The predicted octanol–water partition coefficient (Wildman–Crippen LogP) is 2.87. The van der Waals surface area contributed by atoms with E-state index in [0.29, 0.717) is 11.8 Å². The van der Waals surface area contributed by atoms with Gasteiger partial charge in [0.15, 0.2) is 0 Å². The first-order valence-corrected chi connectivity index (χ1v) is 5.80. The van der Waals surface area contributed by atoms with Crippen molar-refractivity contribution < 1.29 is 0 Å². The van der Waals surface area contributed by atoms with Gasteiger partial charge in [-0.3, -0.25) is 5.41 Å². The summed E-state index contributed by atoms with van der Waals surface area (Å²) in [6.45, 7) is 6.74. The van der Waals surface area contributed by atoms with Crippen molar-refractivity contribution in [2.45, 2.75) is 27.2 Å². The number of hydrogen-bond donors (Lipinski definition) is 2. The Kier molecular flexibility index (Phi) is 3.69. The summed E-state index contributed by atoms with van der Waals surface area (Å²) < 4.78 is 0. The highest BCUT2D eigenvalue weighted by Gasteiger charge is 2.10. The van der Waals surface area contributed by atoms with Gasteiger partial charge in [0.1, 0.15) is 5.84 Å². The normalized spacial score (nSPS) is 13.1. The number of thiophene rings is 1. The molecule has 1 unspecified atom stereocenters. The summed E-state index contributed by atoms with van der Waals surface area (Å²) >= 11 is 1.70. The van der Waals surface area contributed by atoms with Gasteiger partial charge in [0.2, 0.25) is 0 Å². The second-order valence-electron chi connectivity index (χ2n) is 4.14. The lowest BCUT2D eigenvalue weighted by Gasteiger charge is -2.13. The van der Waals surface area contributed by atoms with Gasteiger partial charge in [-0.2, -0.15) is 0 Å². The molecule has 0 spiro atoms. The molecule has 1 heterocycles. The first-order valence-electron chi connectivity index (χ1n) is 4.92. The van der Waals surface area contributed by atoms with Crippen molar-refractivity contribution in [2.75, 3.05) is 0 Å². The standard InChI is InChI=1S/C11H18N2S/c1-7(2)8(3)4-10-5-9(6-14-10)11(12)13/h5-8H,4H2,1-3H3,(H3,12,13). The number of nitrogens with two attached hydrogens (primary N) is 1. The van der Waals surface area contributed by atoms with Crippen LogP contribution in [0.1, 0.15) is 31.2 Å². The molecule has 0 aliphatic carbocycles. The average Bonchev–Trinajstić information content (AvgIpc) is 2.52. The first-order chi connectivity index (χ1) is 6.50. The molecule has 0 aliphatic rings. The van der Waals surface area contributed by atoms with Crippen LogP contribution >= 0.6 is 11.3 Å². The smallest absolute Gasteiger partial charge is 0.123 e.